The minimum atomic E-state index is -0.383. The van der Waals surface area contributed by atoms with Gasteiger partial charge in [0, 0.05) is 26.1 Å². The van der Waals surface area contributed by atoms with Gasteiger partial charge in [0.1, 0.15) is 0 Å². The van der Waals surface area contributed by atoms with E-state index in [1.807, 2.05) is 18.7 Å². The molecular weight excluding hydrogens is 256 g/mol. The van der Waals surface area contributed by atoms with Crippen molar-refractivity contribution in [2.75, 3.05) is 29.9 Å². The molecule has 0 aliphatic carbocycles. The summed E-state index contributed by atoms with van der Waals surface area (Å²) in [6.07, 6.45) is 0.212. The molecular formula is C10H17ClN6O. The molecule has 0 aromatic carbocycles. The second-order valence-corrected chi connectivity index (χ2v) is 3.88. The quantitative estimate of drug-likeness (QED) is 0.757. The maximum Gasteiger partial charge on any atom is 0.231 e. The molecule has 0 aliphatic rings. The van der Waals surface area contributed by atoms with Crippen LogP contribution in [0.15, 0.2) is 0 Å². The van der Waals surface area contributed by atoms with Crippen molar-refractivity contribution < 1.29 is 4.79 Å². The molecule has 0 saturated carbocycles. The van der Waals surface area contributed by atoms with Gasteiger partial charge < -0.3 is 16.0 Å². The van der Waals surface area contributed by atoms with E-state index >= 15 is 0 Å². The summed E-state index contributed by atoms with van der Waals surface area (Å²) in [4.78, 5) is 24.8. The van der Waals surface area contributed by atoms with E-state index < -0.39 is 0 Å². The summed E-state index contributed by atoms with van der Waals surface area (Å²) in [6, 6.07) is 0. The number of carbonyl (C=O) groups is 1. The Morgan fingerprint density at radius 1 is 1.33 bits per heavy atom. The van der Waals surface area contributed by atoms with Crippen LogP contribution in [0.3, 0.4) is 0 Å². The molecule has 3 N–H and O–H groups in total. The highest BCUT2D eigenvalue weighted by molar-refractivity contribution is 6.28. The number of carbonyl (C=O) groups excluding carboxylic acids is 1. The van der Waals surface area contributed by atoms with Crippen LogP contribution in [0.1, 0.15) is 20.3 Å². The van der Waals surface area contributed by atoms with Crippen LogP contribution in [0.2, 0.25) is 5.28 Å². The van der Waals surface area contributed by atoms with E-state index in [2.05, 4.69) is 20.3 Å². The molecule has 0 fully saturated rings. The number of primary amides is 1. The predicted molar refractivity (Wildman–Crippen MR) is 70.7 cm³/mol. The number of hydrogen-bond donors (Lipinski definition) is 2. The standard InChI is InChI=1S/C10H17ClN6O/c1-3-17(4-2)10-15-8(11)14-9(16-10)13-6-5-7(12)18/h3-6H2,1-2H3,(H2,12,18)(H,13,14,15,16). The first kappa shape index (κ1) is 14.4. The molecule has 7 nitrogen and oxygen atoms in total. The average molecular weight is 273 g/mol. The second kappa shape index (κ2) is 6.95. The van der Waals surface area contributed by atoms with Crippen molar-refractivity contribution in [3.8, 4) is 0 Å². The molecule has 1 aromatic heterocycles. The van der Waals surface area contributed by atoms with Crippen molar-refractivity contribution in [2.24, 2.45) is 5.73 Å². The monoisotopic (exact) mass is 272 g/mol. The Hall–Kier alpha value is -1.63. The first-order valence-electron chi connectivity index (χ1n) is 5.75. The highest BCUT2D eigenvalue weighted by Gasteiger charge is 2.09. The van der Waals surface area contributed by atoms with E-state index in [1.54, 1.807) is 0 Å². The van der Waals surface area contributed by atoms with Gasteiger partial charge in [-0.3, -0.25) is 4.79 Å². The van der Waals surface area contributed by atoms with Crippen LogP contribution in [0.5, 0.6) is 0 Å². The van der Waals surface area contributed by atoms with Gasteiger partial charge >= 0.3 is 0 Å². The van der Waals surface area contributed by atoms with Gasteiger partial charge in [0.25, 0.3) is 0 Å². The molecule has 8 heteroatoms. The zero-order valence-corrected chi connectivity index (χ0v) is 11.2. The molecule has 0 bridgehead atoms. The number of halogens is 1. The van der Waals surface area contributed by atoms with Crippen LogP contribution in [0.4, 0.5) is 11.9 Å². The molecule has 1 heterocycles. The van der Waals surface area contributed by atoms with Gasteiger partial charge in [0.2, 0.25) is 23.1 Å². The topological polar surface area (TPSA) is 97.0 Å². The summed E-state index contributed by atoms with van der Waals surface area (Å²) in [5.74, 6) is 0.478. The van der Waals surface area contributed by atoms with Crippen molar-refractivity contribution in [1.29, 1.82) is 0 Å². The number of amides is 1. The number of nitrogens with zero attached hydrogens (tertiary/aromatic N) is 4. The number of nitrogens with two attached hydrogens (primary N) is 1. The summed E-state index contributed by atoms with van der Waals surface area (Å²) >= 11 is 5.83. The maximum absolute atomic E-state index is 10.6. The van der Waals surface area contributed by atoms with Crippen molar-refractivity contribution in [2.45, 2.75) is 20.3 Å². The Labute approximate surface area is 111 Å². The second-order valence-electron chi connectivity index (χ2n) is 3.54. The van der Waals surface area contributed by atoms with Crippen molar-refractivity contribution >= 4 is 29.4 Å². The first-order valence-corrected chi connectivity index (χ1v) is 6.13. The fraction of sp³-hybridized carbons (Fsp3) is 0.600. The molecule has 0 atom stereocenters. The molecule has 0 saturated heterocycles. The summed E-state index contributed by atoms with van der Waals surface area (Å²) in [7, 11) is 0. The molecule has 0 radical (unpaired) electrons. The van der Waals surface area contributed by atoms with Gasteiger partial charge in [-0.25, -0.2) is 0 Å². The number of hydrogen-bond acceptors (Lipinski definition) is 6. The van der Waals surface area contributed by atoms with E-state index in [-0.39, 0.29) is 17.6 Å². The van der Waals surface area contributed by atoms with Crippen LogP contribution < -0.4 is 16.0 Å². The van der Waals surface area contributed by atoms with Crippen LogP contribution in [0, 0.1) is 0 Å². The average Bonchev–Trinajstić information content (AvgIpc) is 2.29. The molecule has 0 aliphatic heterocycles. The first-order chi connectivity index (χ1) is 8.56. The number of anilines is 2. The van der Waals surface area contributed by atoms with Gasteiger partial charge in [-0.05, 0) is 25.4 Å². The van der Waals surface area contributed by atoms with E-state index in [0.717, 1.165) is 13.1 Å². The maximum atomic E-state index is 10.6. The Kier molecular flexibility index (Phi) is 5.57. The van der Waals surface area contributed by atoms with E-state index in [1.165, 1.54) is 0 Å². The highest BCUT2D eigenvalue weighted by Crippen LogP contribution is 2.13. The fourth-order valence-electron chi connectivity index (χ4n) is 1.36. The Balaban J connectivity index is 2.77. The number of nitrogens with one attached hydrogen (secondary N) is 1. The largest absolute Gasteiger partial charge is 0.370 e. The zero-order valence-electron chi connectivity index (χ0n) is 10.5. The Bertz CT molecular complexity index is 409. The van der Waals surface area contributed by atoms with Gasteiger partial charge in [-0.1, -0.05) is 0 Å². The minimum absolute atomic E-state index is 0.119. The van der Waals surface area contributed by atoms with Crippen molar-refractivity contribution in [3.05, 3.63) is 5.28 Å². The minimum Gasteiger partial charge on any atom is -0.370 e. The summed E-state index contributed by atoms with van der Waals surface area (Å²) in [6.45, 7) is 5.92. The lowest BCUT2D eigenvalue weighted by molar-refractivity contribution is -0.117. The Morgan fingerprint density at radius 3 is 2.56 bits per heavy atom. The van der Waals surface area contributed by atoms with Gasteiger partial charge in [-0.2, -0.15) is 15.0 Å². The lowest BCUT2D eigenvalue weighted by atomic mass is 10.4. The highest BCUT2D eigenvalue weighted by atomic mass is 35.5. The third-order valence-corrected chi connectivity index (χ3v) is 2.47. The van der Waals surface area contributed by atoms with Gasteiger partial charge in [0.15, 0.2) is 0 Å². The molecule has 1 amide bonds. The predicted octanol–water partition coefficient (Wildman–Crippen LogP) is 0.658. The lowest BCUT2D eigenvalue weighted by Crippen LogP contribution is -2.25. The van der Waals surface area contributed by atoms with Gasteiger partial charge in [0.05, 0.1) is 0 Å². The molecule has 100 valence electrons. The molecule has 1 rings (SSSR count). The lowest BCUT2D eigenvalue weighted by Gasteiger charge is -2.18. The normalized spacial score (nSPS) is 10.2. The fourth-order valence-corrected chi connectivity index (χ4v) is 1.52. The summed E-state index contributed by atoms with van der Waals surface area (Å²) in [5, 5.41) is 3.01. The number of rotatable bonds is 7. The molecule has 18 heavy (non-hydrogen) atoms. The SMILES string of the molecule is CCN(CC)c1nc(Cl)nc(NCCC(N)=O)n1. The third-order valence-electron chi connectivity index (χ3n) is 2.30. The zero-order chi connectivity index (χ0) is 13.5. The molecule has 1 aromatic rings. The van der Waals surface area contributed by atoms with Crippen LogP contribution >= 0.6 is 11.6 Å². The number of aromatic nitrogens is 3. The van der Waals surface area contributed by atoms with Gasteiger partial charge in [-0.15, -0.1) is 0 Å². The van der Waals surface area contributed by atoms with Crippen molar-refractivity contribution in [3.63, 3.8) is 0 Å². The van der Waals surface area contributed by atoms with E-state index in [4.69, 9.17) is 17.3 Å². The van der Waals surface area contributed by atoms with E-state index in [9.17, 15) is 4.79 Å². The third kappa shape index (κ3) is 4.33. The van der Waals surface area contributed by atoms with Crippen LogP contribution in [0.25, 0.3) is 0 Å². The van der Waals surface area contributed by atoms with E-state index in [0.29, 0.717) is 18.4 Å². The Morgan fingerprint density at radius 2 is 2.00 bits per heavy atom. The molecule has 0 spiro atoms. The van der Waals surface area contributed by atoms with Crippen molar-refractivity contribution in [1.82, 2.24) is 15.0 Å². The summed E-state index contributed by atoms with van der Waals surface area (Å²) in [5.41, 5.74) is 5.04. The van der Waals surface area contributed by atoms with Crippen LogP contribution in [-0.4, -0.2) is 40.5 Å². The molecule has 0 unspecified atom stereocenters. The summed E-state index contributed by atoms with van der Waals surface area (Å²) < 4.78 is 0. The van der Waals surface area contributed by atoms with Crippen LogP contribution in [-0.2, 0) is 4.79 Å². The smallest absolute Gasteiger partial charge is 0.231 e.